The van der Waals surface area contributed by atoms with Crippen molar-refractivity contribution in [3.8, 4) is 23.3 Å². The van der Waals surface area contributed by atoms with Gasteiger partial charge in [0.05, 0.1) is 18.4 Å². The lowest BCUT2D eigenvalue weighted by molar-refractivity contribution is 0.0989. The lowest BCUT2D eigenvalue weighted by atomic mass is 9.97. The number of hydrogen-bond acceptors (Lipinski definition) is 6. The minimum absolute atomic E-state index is 0.0322. The number of amides is 1. The molecule has 0 aliphatic carbocycles. The number of anilines is 1. The number of aromatic hydroxyl groups is 1. The van der Waals surface area contributed by atoms with E-state index in [-0.39, 0.29) is 29.5 Å². The summed E-state index contributed by atoms with van der Waals surface area (Å²) in [5, 5.41) is 11.8. The Labute approximate surface area is 224 Å². The van der Waals surface area contributed by atoms with Crippen LogP contribution in [0.1, 0.15) is 58.8 Å². The fourth-order valence-corrected chi connectivity index (χ4v) is 5.26. The number of rotatable bonds is 5. The smallest absolute Gasteiger partial charge is 0.319 e. The predicted octanol–water partition coefficient (Wildman–Crippen LogP) is 6.31. The second-order valence-electron chi connectivity index (χ2n) is 9.24. The number of imidazole rings is 1. The van der Waals surface area contributed by atoms with Crippen LogP contribution in [0.2, 0.25) is 10.0 Å². The molecule has 0 fully saturated rings. The van der Waals surface area contributed by atoms with Crippen molar-refractivity contribution in [2.45, 2.75) is 39.8 Å². The van der Waals surface area contributed by atoms with E-state index in [0.717, 1.165) is 16.7 Å². The highest BCUT2D eigenvalue weighted by Gasteiger charge is 2.45. The zero-order valence-corrected chi connectivity index (χ0v) is 22.5. The van der Waals surface area contributed by atoms with Gasteiger partial charge >= 0.3 is 6.01 Å². The minimum Gasteiger partial charge on any atom is -0.493 e. The van der Waals surface area contributed by atoms with Gasteiger partial charge in [-0.3, -0.25) is 9.69 Å². The first-order chi connectivity index (χ1) is 17.6. The maximum Gasteiger partial charge on any atom is 0.319 e. The van der Waals surface area contributed by atoms with Gasteiger partial charge in [0.2, 0.25) is 5.88 Å². The Morgan fingerprint density at radius 2 is 1.73 bits per heavy atom. The van der Waals surface area contributed by atoms with Crippen LogP contribution in [-0.2, 0) is 0 Å². The molecule has 1 aliphatic rings. The summed E-state index contributed by atoms with van der Waals surface area (Å²) >= 11 is 12.7. The van der Waals surface area contributed by atoms with Crippen LogP contribution in [-0.4, -0.2) is 37.6 Å². The average Bonchev–Trinajstić information content (AvgIpc) is 3.36. The van der Waals surface area contributed by atoms with E-state index >= 15 is 0 Å². The molecule has 0 saturated carbocycles. The van der Waals surface area contributed by atoms with Gasteiger partial charge in [-0.25, -0.2) is 9.97 Å². The molecule has 1 aliphatic heterocycles. The maximum atomic E-state index is 14.1. The Hall–Kier alpha value is -3.62. The number of fused-ring (bicyclic) bond motifs is 1. The van der Waals surface area contributed by atoms with Crippen LogP contribution in [0.15, 0.2) is 42.6 Å². The number of aromatic nitrogens is 4. The summed E-state index contributed by atoms with van der Waals surface area (Å²) < 4.78 is 6.99. The molecule has 0 bridgehead atoms. The third-order valence-electron chi connectivity index (χ3n) is 6.53. The normalized spacial score (nSPS) is 15.0. The summed E-state index contributed by atoms with van der Waals surface area (Å²) in [5.74, 6) is -0.159. The number of nitrogens with zero attached hydrogens (tertiary/aromatic N) is 5. The molecule has 8 nitrogen and oxygen atoms in total. The molecule has 190 valence electrons. The number of carbonyl (C=O) groups is 1. The molecule has 0 radical (unpaired) electrons. The number of aryl methyl sites for hydroxylation is 2. The van der Waals surface area contributed by atoms with Crippen LogP contribution in [0.25, 0.3) is 11.4 Å². The van der Waals surface area contributed by atoms with Crippen LogP contribution in [0.4, 0.5) is 5.69 Å². The number of carbonyl (C=O) groups excluding carboxylic acids is 1. The van der Waals surface area contributed by atoms with E-state index in [0.29, 0.717) is 32.8 Å². The van der Waals surface area contributed by atoms with Crippen molar-refractivity contribution >= 4 is 34.8 Å². The van der Waals surface area contributed by atoms with Crippen molar-refractivity contribution in [3.05, 3.63) is 80.7 Å². The lowest BCUT2D eigenvalue weighted by Crippen LogP contribution is -2.31. The van der Waals surface area contributed by atoms with Crippen molar-refractivity contribution in [1.29, 1.82) is 0 Å². The minimum atomic E-state index is -0.512. The Morgan fingerprint density at radius 3 is 2.38 bits per heavy atom. The summed E-state index contributed by atoms with van der Waals surface area (Å²) in [7, 11) is 1.42. The second-order valence-corrected chi connectivity index (χ2v) is 10.1. The number of benzene rings is 2. The van der Waals surface area contributed by atoms with Gasteiger partial charge in [0, 0.05) is 28.0 Å². The van der Waals surface area contributed by atoms with Crippen molar-refractivity contribution in [1.82, 2.24) is 19.5 Å². The van der Waals surface area contributed by atoms with Gasteiger partial charge in [-0.2, -0.15) is 4.98 Å². The third-order valence-corrected chi connectivity index (χ3v) is 7.00. The van der Waals surface area contributed by atoms with E-state index < -0.39 is 6.04 Å². The first-order valence-electron chi connectivity index (χ1n) is 11.7. The molecule has 37 heavy (non-hydrogen) atoms. The number of hydrogen-bond donors (Lipinski definition) is 1. The van der Waals surface area contributed by atoms with Gasteiger partial charge in [-0.05, 0) is 68.7 Å². The molecular weight excluding hydrogens is 513 g/mol. The molecule has 2 aromatic heterocycles. The van der Waals surface area contributed by atoms with E-state index in [1.54, 1.807) is 17.0 Å². The molecule has 0 unspecified atom stereocenters. The molecular formula is C27H25Cl2N5O3. The van der Waals surface area contributed by atoms with E-state index in [1.165, 1.54) is 13.3 Å². The molecule has 1 amide bonds. The van der Waals surface area contributed by atoms with Crippen molar-refractivity contribution in [2.24, 2.45) is 0 Å². The Kier molecular flexibility index (Phi) is 6.33. The summed E-state index contributed by atoms with van der Waals surface area (Å²) in [5.41, 5.74) is 4.72. The van der Waals surface area contributed by atoms with Crippen LogP contribution in [0, 0.1) is 13.8 Å². The van der Waals surface area contributed by atoms with Crippen molar-refractivity contribution in [2.75, 3.05) is 12.0 Å². The second kappa shape index (κ2) is 9.36. The molecule has 3 heterocycles. The van der Waals surface area contributed by atoms with Crippen molar-refractivity contribution in [3.63, 3.8) is 0 Å². The fraction of sp³-hybridized carbons (Fsp3) is 0.259. The van der Waals surface area contributed by atoms with E-state index in [2.05, 4.69) is 9.97 Å². The van der Waals surface area contributed by atoms with Gasteiger partial charge in [0.1, 0.15) is 11.9 Å². The number of methoxy groups -OCH3 is 1. The van der Waals surface area contributed by atoms with Crippen molar-refractivity contribution < 1.29 is 14.6 Å². The Bertz CT molecular complexity index is 1550. The zero-order valence-electron chi connectivity index (χ0n) is 21.0. The molecule has 0 saturated heterocycles. The topological polar surface area (TPSA) is 93.4 Å². The average molecular weight is 538 g/mol. The first kappa shape index (κ1) is 25.0. The van der Waals surface area contributed by atoms with Crippen LogP contribution in [0.3, 0.4) is 0 Å². The van der Waals surface area contributed by atoms with Crippen LogP contribution in [0.5, 0.6) is 11.9 Å². The van der Waals surface area contributed by atoms with Gasteiger partial charge in [-0.15, -0.1) is 0 Å². The standard InChI is InChI=1S/C27H25Cl2N5O3/c1-13(2)33-23-21(31-24(33)19-12-30-27(37-5)32-25(19)35)26(36)34(20-11-17(29)7-6-14(20)3)22(23)18-9-8-16(28)10-15(18)4/h6-13,22H,1-5H3,(H,30,32,35)/t22-/m0/s1. The Balaban J connectivity index is 1.81. The summed E-state index contributed by atoms with van der Waals surface area (Å²) in [6.45, 7) is 7.90. The number of ether oxygens (including phenoxy) is 1. The van der Waals surface area contributed by atoms with E-state index in [4.69, 9.17) is 32.9 Å². The summed E-state index contributed by atoms with van der Waals surface area (Å²) in [6.07, 6.45) is 1.45. The van der Waals surface area contributed by atoms with Gasteiger partial charge in [0.15, 0.2) is 5.69 Å². The fourth-order valence-electron chi connectivity index (χ4n) is 4.87. The highest BCUT2D eigenvalue weighted by molar-refractivity contribution is 6.31. The highest BCUT2D eigenvalue weighted by atomic mass is 35.5. The molecule has 1 atom stereocenters. The first-order valence-corrected chi connectivity index (χ1v) is 12.5. The van der Waals surface area contributed by atoms with E-state index in [1.807, 2.05) is 56.5 Å². The largest absolute Gasteiger partial charge is 0.493 e. The zero-order chi connectivity index (χ0) is 26.6. The van der Waals surface area contributed by atoms with E-state index in [9.17, 15) is 9.90 Å². The monoisotopic (exact) mass is 537 g/mol. The molecule has 4 aromatic rings. The van der Waals surface area contributed by atoms with Gasteiger partial charge in [-0.1, -0.05) is 35.3 Å². The summed E-state index contributed by atoms with van der Waals surface area (Å²) in [6, 6.07) is 10.5. The SMILES string of the molecule is COc1ncc(-c2nc3c(n2C(C)C)[C@H](c2ccc(Cl)cc2C)N(c2cc(Cl)ccc2C)C3=O)c(O)n1. The molecule has 2 aromatic carbocycles. The number of halogens is 2. The molecule has 10 heteroatoms. The third kappa shape index (κ3) is 4.10. The van der Waals surface area contributed by atoms with Crippen LogP contribution >= 0.6 is 23.2 Å². The predicted molar refractivity (Wildman–Crippen MR) is 143 cm³/mol. The maximum absolute atomic E-state index is 14.1. The molecule has 1 N–H and O–H groups in total. The quantitative estimate of drug-likeness (QED) is 0.320. The molecule has 0 spiro atoms. The summed E-state index contributed by atoms with van der Waals surface area (Å²) in [4.78, 5) is 28.7. The van der Waals surface area contributed by atoms with Crippen LogP contribution < -0.4 is 9.64 Å². The Morgan fingerprint density at radius 1 is 1.03 bits per heavy atom. The highest BCUT2D eigenvalue weighted by Crippen LogP contribution is 2.47. The van der Waals surface area contributed by atoms with Gasteiger partial charge in [0.25, 0.3) is 5.91 Å². The van der Waals surface area contributed by atoms with Gasteiger partial charge < -0.3 is 14.4 Å². The molecule has 5 rings (SSSR count). The lowest BCUT2D eigenvalue weighted by Gasteiger charge is -2.30.